The number of hydrogen-bond donors (Lipinski definition) is 0. The number of nitrogens with zero attached hydrogens (tertiary/aromatic N) is 2. The van der Waals surface area contributed by atoms with Crippen molar-refractivity contribution in [3.63, 3.8) is 0 Å². The van der Waals surface area contributed by atoms with E-state index in [1.54, 1.807) is 38.3 Å². The molecule has 1 amide bonds. The highest BCUT2D eigenvalue weighted by Gasteiger charge is 2.39. The fourth-order valence-corrected chi connectivity index (χ4v) is 4.57. The predicted molar refractivity (Wildman–Crippen MR) is 133 cm³/mol. The van der Waals surface area contributed by atoms with Crippen LogP contribution in [0.3, 0.4) is 0 Å². The highest BCUT2D eigenvalue weighted by molar-refractivity contribution is 5.90. The minimum atomic E-state index is -0.759. The SMILES string of the molecule is COc1ccc(N(/C=C2/CCC[C@H]2[C@H](c2ccccc2)C(C)[N+](=O)[O-])C(=O)OC(C)(C)C)cc1. The van der Waals surface area contributed by atoms with E-state index in [2.05, 4.69) is 0 Å². The first-order chi connectivity index (χ1) is 16.1. The van der Waals surface area contributed by atoms with Crippen molar-refractivity contribution in [2.24, 2.45) is 5.92 Å². The van der Waals surface area contributed by atoms with Crippen molar-refractivity contribution >= 4 is 11.8 Å². The fourth-order valence-electron chi connectivity index (χ4n) is 4.57. The van der Waals surface area contributed by atoms with Gasteiger partial charge in [-0.2, -0.15) is 0 Å². The van der Waals surface area contributed by atoms with Crippen LogP contribution in [0.1, 0.15) is 58.4 Å². The molecule has 1 saturated carbocycles. The van der Waals surface area contributed by atoms with Crippen LogP contribution < -0.4 is 9.64 Å². The van der Waals surface area contributed by atoms with Crippen LogP contribution in [0.2, 0.25) is 0 Å². The van der Waals surface area contributed by atoms with E-state index in [-0.39, 0.29) is 16.8 Å². The van der Waals surface area contributed by atoms with E-state index in [9.17, 15) is 14.9 Å². The Morgan fingerprint density at radius 3 is 2.35 bits per heavy atom. The smallest absolute Gasteiger partial charge is 0.418 e. The molecule has 2 aromatic carbocycles. The Bertz CT molecular complexity index is 1010. The molecule has 0 radical (unpaired) electrons. The number of hydrogen-bond acceptors (Lipinski definition) is 5. The maximum absolute atomic E-state index is 13.2. The molecule has 3 atom stereocenters. The molecule has 1 aliphatic carbocycles. The molecule has 1 fully saturated rings. The minimum absolute atomic E-state index is 0.0500. The van der Waals surface area contributed by atoms with Crippen molar-refractivity contribution in [1.82, 2.24) is 0 Å². The maximum atomic E-state index is 13.2. The van der Waals surface area contributed by atoms with Gasteiger partial charge in [0.15, 0.2) is 0 Å². The molecule has 7 heteroatoms. The summed E-state index contributed by atoms with van der Waals surface area (Å²) < 4.78 is 10.9. The number of nitro groups is 1. The molecular formula is C27H34N2O5. The van der Waals surface area contributed by atoms with Gasteiger partial charge in [-0.15, -0.1) is 0 Å². The maximum Gasteiger partial charge on any atom is 0.418 e. The summed E-state index contributed by atoms with van der Waals surface area (Å²) in [5.74, 6) is 0.343. The Balaban J connectivity index is 2.03. The van der Waals surface area contributed by atoms with E-state index in [4.69, 9.17) is 9.47 Å². The summed E-state index contributed by atoms with van der Waals surface area (Å²) in [5.41, 5.74) is 1.94. The molecule has 182 valence electrons. The minimum Gasteiger partial charge on any atom is -0.497 e. The molecule has 0 N–H and O–H groups in total. The van der Waals surface area contributed by atoms with Gasteiger partial charge in [0.25, 0.3) is 0 Å². The van der Waals surface area contributed by atoms with Crippen LogP contribution in [-0.2, 0) is 4.74 Å². The number of rotatable bonds is 7. The Labute approximate surface area is 201 Å². The Kier molecular flexibility index (Phi) is 7.97. The van der Waals surface area contributed by atoms with Crippen LogP contribution in [0.25, 0.3) is 0 Å². The van der Waals surface area contributed by atoms with Gasteiger partial charge < -0.3 is 9.47 Å². The van der Waals surface area contributed by atoms with Crippen molar-refractivity contribution < 1.29 is 19.2 Å². The number of carbonyl (C=O) groups excluding carboxylic acids is 1. The third kappa shape index (κ3) is 6.16. The molecule has 34 heavy (non-hydrogen) atoms. The standard InChI is InChI=1S/C27H34N2O5/c1-19(29(31)32)25(20-10-7-6-8-11-20)24-13-9-12-21(24)18-28(26(30)34-27(2,3)4)22-14-16-23(33-5)17-15-22/h6-8,10-11,14-19,24-25H,9,12-13H2,1-5H3/b21-18-/t19?,24-,25+/m1/s1. The van der Waals surface area contributed by atoms with Gasteiger partial charge in [0.1, 0.15) is 11.4 Å². The van der Waals surface area contributed by atoms with Gasteiger partial charge >= 0.3 is 6.09 Å². The lowest BCUT2D eigenvalue weighted by Crippen LogP contribution is -2.34. The zero-order valence-corrected chi connectivity index (χ0v) is 20.6. The van der Waals surface area contributed by atoms with Crippen molar-refractivity contribution in [2.45, 2.75) is 64.5 Å². The van der Waals surface area contributed by atoms with Crippen molar-refractivity contribution in [3.8, 4) is 5.75 Å². The third-order valence-corrected chi connectivity index (χ3v) is 6.16. The molecule has 0 aromatic heterocycles. The number of ether oxygens (including phenoxy) is 2. The van der Waals surface area contributed by atoms with Gasteiger partial charge in [0, 0.05) is 18.0 Å². The third-order valence-electron chi connectivity index (χ3n) is 6.16. The number of benzene rings is 2. The summed E-state index contributed by atoms with van der Waals surface area (Å²) in [6.45, 7) is 7.15. The van der Waals surface area contributed by atoms with E-state index < -0.39 is 17.7 Å². The Morgan fingerprint density at radius 1 is 1.15 bits per heavy atom. The first kappa shape index (κ1) is 25.3. The number of amides is 1. The van der Waals surface area contributed by atoms with Crippen molar-refractivity contribution in [1.29, 1.82) is 0 Å². The lowest BCUT2D eigenvalue weighted by Gasteiger charge is -2.29. The molecule has 0 aliphatic heterocycles. The van der Waals surface area contributed by atoms with Crippen LogP contribution in [0.15, 0.2) is 66.4 Å². The van der Waals surface area contributed by atoms with Gasteiger partial charge in [0.2, 0.25) is 6.04 Å². The summed E-state index contributed by atoms with van der Waals surface area (Å²) >= 11 is 0. The van der Waals surface area contributed by atoms with Crippen LogP contribution in [0.5, 0.6) is 5.75 Å². The number of methoxy groups -OCH3 is 1. The fraction of sp³-hybridized carbons (Fsp3) is 0.444. The predicted octanol–water partition coefficient (Wildman–Crippen LogP) is 6.57. The van der Waals surface area contributed by atoms with E-state index in [1.165, 1.54) is 4.90 Å². The first-order valence-corrected chi connectivity index (χ1v) is 11.7. The molecule has 1 aliphatic rings. The topological polar surface area (TPSA) is 81.9 Å². The van der Waals surface area contributed by atoms with Gasteiger partial charge in [0.05, 0.1) is 18.7 Å². The van der Waals surface area contributed by atoms with Crippen LogP contribution in [0.4, 0.5) is 10.5 Å². The zero-order valence-electron chi connectivity index (χ0n) is 20.6. The summed E-state index contributed by atoms with van der Waals surface area (Å²) in [7, 11) is 1.59. The van der Waals surface area contributed by atoms with Gasteiger partial charge in [-0.3, -0.25) is 15.0 Å². The van der Waals surface area contributed by atoms with E-state index in [0.29, 0.717) is 11.4 Å². The molecule has 3 rings (SSSR count). The largest absolute Gasteiger partial charge is 0.497 e. The van der Waals surface area contributed by atoms with Crippen LogP contribution >= 0.6 is 0 Å². The van der Waals surface area contributed by atoms with E-state index >= 15 is 0 Å². The number of anilines is 1. The molecule has 7 nitrogen and oxygen atoms in total. The monoisotopic (exact) mass is 466 g/mol. The van der Waals surface area contributed by atoms with Crippen LogP contribution in [-0.4, -0.2) is 29.8 Å². The quantitative estimate of drug-likeness (QED) is 0.340. The van der Waals surface area contributed by atoms with Crippen molar-refractivity contribution in [2.75, 3.05) is 12.0 Å². The molecule has 0 bridgehead atoms. The van der Waals surface area contributed by atoms with E-state index in [1.807, 2.05) is 57.3 Å². The summed E-state index contributed by atoms with van der Waals surface area (Å²) in [6.07, 6.45) is 3.85. The summed E-state index contributed by atoms with van der Waals surface area (Å²) in [6, 6.07) is 16.1. The van der Waals surface area contributed by atoms with Crippen molar-refractivity contribution in [3.05, 3.63) is 82.0 Å². The van der Waals surface area contributed by atoms with Crippen LogP contribution in [0, 0.1) is 16.0 Å². The highest BCUT2D eigenvalue weighted by Crippen LogP contribution is 2.44. The second-order valence-corrected chi connectivity index (χ2v) is 9.71. The molecule has 0 spiro atoms. The average Bonchev–Trinajstić information content (AvgIpc) is 3.25. The molecule has 0 heterocycles. The number of carbonyl (C=O) groups is 1. The summed E-state index contributed by atoms with van der Waals surface area (Å²) in [5, 5.41) is 11.8. The van der Waals surface area contributed by atoms with E-state index in [0.717, 1.165) is 30.4 Å². The normalized spacial score (nSPS) is 18.9. The molecule has 0 saturated heterocycles. The molecule has 2 aromatic rings. The molecular weight excluding hydrogens is 432 g/mol. The van der Waals surface area contributed by atoms with Gasteiger partial charge in [-0.05, 0) is 81.4 Å². The van der Waals surface area contributed by atoms with Gasteiger partial charge in [-0.1, -0.05) is 30.3 Å². The van der Waals surface area contributed by atoms with Gasteiger partial charge in [-0.25, -0.2) is 4.79 Å². The Hall–Kier alpha value is -3.35. The summed E-state index contributed by atoms with van der Waals surface area (Å²) in [4.78, 5) is 26.4. The Morgan fingerprint density at radius 2 is 1.79 bits per heavy atom. The first-order valence-electron chi connectivity index (χ1n) is 11.7. The average molecular weight is 467 g/mol. The second kappa shape index (κ2) is 10.7. The molecule has 1 unspecified atom stereocenters. The highest BCUT2D eigenvalue weighted by atomic mass is 16.6. The lowest BCUT2D eigenvalue weighted by atomic mass is 9.78. The second-order valence-electron chi connectivity index (χ2n) is 9.71. The number of allylic oxidation sites excluding steroid dienone is 1. The zero-order chi connectivity index (χ0) is 24.9. The lowest BCUT2D eigenvalue weighted by molar-refractivity contribution is -0.523.